The van der Waals surface area contributed by atoms with Gasteiger partial charge in [-0.3, -0.25) is 4.79 Å². The third-order valence-corrected chi connectivity index (χ3v) is 4.10. The third-order valence-electron chi connectivity index (χ3n) is 3.85. The molecule has 0 aromatic heterocycles. The van der Waals surface area contributed by atoms with E-state index in [4.69, 9.17) is 16.3 Å². The average Bonchev–Trinajstić information content (AvgIpc) is 2.95. The first-order valence-electron chi connectivity index (χ1n) is 7.67. The lowest BCUT2D eigenvalue weighted by molar-refractivity contribution is -0.118. The molecule has 1 unspecified atom stereocenters. The molecule has 1 atom stereocenters. The maximum atomic E-state index is 12.4. The minimum atomic E-state index is -0.588. The van der Waals surface area contributed by atoms with Crippen LogP contribution in [0.25, 0.3) is 0 Å². The highest BCUT2D eigenvalue weighted by atomic mass is 35.5. The molecule has 1 heterocycles. The molecule has 1 aliphatic heterocycles. The van der Waals surface area contributed by atoms with Crippen LogP contribution < -0.4 is 10.2 Å². The predicted octanol–water partition coefficient (Wildman–Crippen LogP) is 3.37. The molecule has 1 aliphatic rings. The smallest absolute Gasteiger partial charge is 0.408 e. The van der Waals surface area contributed by atoms with E-state index in [9.17, 15) is 9.59 Å². The van der Waals surface area contributed by atoms with E-state index in [1.165, 1.54) is 0 Å². The van der Waals surface area contributed by atoms with Gasteiger partial charge in [-0.2, -0.15) is 0 Å². The molecule has 0 radical (unpaired) electrons. The zero-order chi connectivity index (χ0) is 16.9. The van der Waals surface area contributed by atoms with Crippen LogP contribution in [0.3, 0.4) is 0 Å². The van der Waals surface area contributed by atoms with Crippen molar-refractivity contribution in [2.24, 2.45) is 0 Å². The quantitative estimate of drug-likeness (QED) is 0.925. The van der Waals surface area contributed by atoms with Crippen LogP contribution in [0.1, 0.15) is 12.0 Å². The van der Waals surface area contributed by atoms with Crippen molar-refractivity contribution < 1.29 is 14.3 Å². The number of halogens is 1. The number of nitrogens with one attached hydrogen (secondary N) is 1. The van der Waals surface area contributed by atoms with Gasteiger partial charge >= 0.3 is 6.09 Å². The number of hydrogen-bond donors (Lipinski definition) is 1. The van der Waals surface area contributed by atoms with Gasteiger partial charge in [0.1, 0.15) is 12.6 Å². The Morgan fingerprint density at radius 2 is 1.88 bits per heavy atom. The van der Waals surface area contributed by atoms with Crippen molar-refractivity contribution in [3.05, 3.63) is 65.2 Å². The minimum absolute atomic E-state index is 0.144. The van der Waals surface area contributed by atoms with Crippen molar-refractivity contribution in [3.8, 4) is 0 Å². The molecule has 0 spiro atoms. The molecule has 124 valence electrons. The summed E-state index contributed by atoms with van der Waals surface area (Å²) in [5.74, 6) is -0.144. The Balaban J connectivity index is 1.53. The van der Waals surface area contributed by atoms with Gasteiger partial charge in [0, 0.05) is 17.3 Å². The third kappa shape index (κ3) is 3.86. The Morgan fingerprint density at radius 1 is 1.17 bits per heavy atom. The molecule has 6 heteroatoms. The number of carbonyl (C=O) groups excluding carboxylic acids is 2. The van der Waals surface area contributed by atoms with Crippen LogP contribution in [0.5, 0.6) is 0 Å². The van der Waals surface area contributed by atoms with E-state index in [1.54, 1.807) is 29.2 Å². The Labute approximate surface area is 145 Å². The molecular weight excluding hydrogens is 328 g/mol. The topological polar surface area (TPSA) is 58.6 Å². The van der Waals surface area contributed by atoms with Crippen molar-refractivity contribution in [1.82, 2.24) is 5.32 Å². The van der Waals surface area contributed by atoms with E-state index in [2.05, 4.69) is 5.32 Å². The Morgan fingerprint density at radius 3 is 2.58 bits per heavy atom. The Bertz CT molecular complexity index is 719. The number of anilines is 1. The summed E-state index contributed by atoms with van der Waals surface area (Å²) >= 11 is 5.86. The lowest BCUT2D eigenvalue weighted by Gasteiger charge is -2.17. The number of rotatable bonds is 4. The Kier molecular flexibility index (Phi) is 5.01. The number of amides is 2. The first kappa shape index (κ1) is 16.3. The SMILES string of the molecule is O=C(NC1CCN(c2ccc(Cl)cc2)C1=O)OCc1ccccc1. The van der Waals surface area contributed by atoms with Crippen LogP contribution in [0.15, 0.2) is 54.6 Å². The molecule has 0 bridgehead atoms. The van der Waals surface area contributed by atoms with Crippen molar-refractivity contribution in [2.45, 2.75) is 19.1 Å². The van der Waals surface area contributed by atoms with Crippen molar-refractivity contribution in [2.75, 3.05) is 11.4 Å². The summed E-state index contributed by atoms with van der Waals surface area (Å²) in [4.78, 5) is 25.9. The van der Waals surface area contributed by atoms with Gasteiger partial charge in [-0.15, -0.1) is 0 Å². The van der Waals surface area contributed by atoms with E-state index >= 15 is 0 Å². The van der Waals surface area contributed by atoms with Gasteiger partial charge in [0.05, 0.1) is 0 Å². The molecular formula is C18H17ClN2O3. The number of carbonyl (C=O) groups is 2. The Hall–Kier alpha value is -2.53. The first-order valence-corrected chi connectivity index (χ1v) is 8.05. The number of nitrogens with zero attached hydrogens (tertiary/aromatic N) is 1. The van der Waals surface area contributed by atoms with Crippen LogP contribution in [0, 0.1) is 0 Å². The lowest BCUT2D eigenvalue weighted by Crippen LogP contribution is -2.41. The molecule has 5 nitrogen and oxygen atoms in total. The molecule has 2 aromatic rings. The number of alkyl carbamates (subject to hydrolysis) is 1. The molecule has 1 saturated heterocycles. The number of benzene rings is 2. The van der Waals surface area contributed by atoms with Crippen molar-refractivity contribution in [1.29, 1.82) is 0 Å². The standard InChI is InChI=1S/C18H17ClN2O3/c19-14-6-8-15(9-7-14)21-11-10-16(17(21)22)20-18(23)24-12-13-4-2-1-3-5-13/h1-9,16H,10-12H2,(H,20,23). The van der Waals surface area contributed by atoms with Crippen LogP contribution in [-0.4, -0.2) is 24.6 Å². The molecule has 3 rings (SSSR count). The van der Waals surface area contributed by atoms with E-state index in [1.807, 2.05) is 30.3 Å². The number of ether oxygens (including phenoxy) is 1. The van der Waals surface area contributed by atoms with Crippen LogP contribution in [-0.2, 0) is 16.1 Å². The molecule has 1 fully saturated rings. The minimum Gasteiger partial charge on any atom is -0.445 e. The fourth-order valence-electron chi connectivity index (χ4n) is 2.60. The zero-order valence-corrected chi connectivity index (χ0v) is 13.7. The summed E-state index contributed by atoms with van der Waals surface area (Å²) < 4.78 is 5.16. The zero-order valence-electron chi connectivity index (χ0n) is 12.9. The van der Waals surface area contributed by atoms with Gasteiger partial charge in [0.2, 0.25) is 5.91 Å². The fourth-order valence-corrected chi connectivity index (χ4v) is 2.72. The predicted molar refractivity (Wildman–Crippen MR) is 92.0 cm³/mol. The highest BCUT2D eigenvalue weighted by Gasteiger charge is 2.33. The summed E-state index contributed by atoms with van der Waals surface area (Å²) in [6.07, 6.45) is -0.0443. The summed E-state index contributed by atoms with van der Waals surface area (Å²) in [6, 6.07) is 15.9. The van der Waals surface area contributed by atoms with Crippen molar-refractivity contribution >= 4 is 29.3 Å². The fraction of sp³-hybridized carbons (Fsp3) is 0.222. The van der Waals surface area contributed by atoms with Crippen LogP contribution in [0.2, 0.25) is 5.02 Å². The monoisotopic (exact) mass is 344 g/mol. The van der Waals surface area contributed by atoms with Gasteiger partial charge < -0.3 is 15.0 Å². The molecule has 24 heavy (non-hydrogen) atoms. The van der Waals surface area contributed by atoms with Crippen LogP contribution >= 0.6 is 11.6 Å². The summed E-state index contributed by atoms with van der Waals surface area (Å²) in [5, 5.41) is 3.25. The van der Waals surface area contributed by atoms with Gasteiger partial charge in [0.25, 0.3) is 0 Å². The second-order valence-corrected chi connectivity index (χ2v) is 5.95. The molecule has 2 amide bonds. The molecule has 0 saturated carbocycles. The van der Waals surface area contributed by atoms with Gasteiger partial charge in [0.15, 0.2) is 0 Å². The maximum absolute atomic E-state index is 12.4. The highest BCUT2D eigenvalue weighted by molar-refractivity contribution is 6.30. The lowest BCUT2D eigenvalue weighted by atomic mass is 10.2. The van der Waals surface area contributed by atoms with Crippen LogP contribution in [0.4, 0.5) is 10.5 Å². The molecule has 1 N–H and O–H groups in total. The van der Waals surface area contributed by atoms with E-state index in [-0.39, 0.29) is 12.5 Å². The average molecular weight is 345 g/mol. The summed E-state index contributed by atoms with van der Waals surface area (Å²) in [7, 11) is 0. The van der Waals surface area contributed by atoms with Gasteiger partial charge in [-0.1, -0.05) is 41.9 Å². The second-order valence-electron chi connectivity index (χ2n) is 5.51. The second kappa shape index (κ2) is 7.36. The van der Waals surface area contributed by atoms with E-state index in [0.717, 1.165) is 11.3 Å². The first-order chi connectivity index (χ1) is 11.6. The molecule has 0 aliphatic carbocycles. The van der Waals surface area contributed by atoms with Gasteiger partial charge in [-0.25, -0.2) is 4.79 Å². The highest BCUT2D eigenvalue weighted by Crippen LogP contribution is 2.23. The summed E-state index contributed by atoms with van der Waals surface area (Å²) in [6.45, 7) is 0.721. The molecule has 2 aromatic carbocycles. The number of hydrogen-bond acceptors (Lipinski definition) is 3. The van der Waals surface area contributed by atoms with E-state index in [0.29, 0.717) is 18.0 Å². The maximum Gasteiger partial charge on any atom is 0.408 e. The largest absolute Gasteiger partial charge is 0.445 e. The summed E-state index contributed by atoms with van der Waals surface area (Å²) in [5.41, 5.74) is 1.67. The van der Waals surface area contributed by atoms with Crippen molar-refractivity contribution in [3.63, 3.8) is 0 Å². The van der Waals surface area contributed by atoms with E-state index < -0.39 is 12.1 Å². The van der Waals surface area contributed by atoms with Gasteiger partial charge in [-0.05, 0) is 36.2 Å². The normalized spacial score (nSPS) is 17.0.